The molecule has 0 saturated carbocycles. The number of sulfonamides is 1. The van der Waals surface area contributed by atoms with Crippen molar-refractivity contribution in [1.82, 2.24) is 10.2 Å². The van der Waals surface area contributed by atoms with Crippen molar-refractivity contribution < 1.29 is 18.0 Å². The molecule has 0 aliphatic carbocycles. The molecule has 0 spiro atoms. The van der Waals surface area contributed by atoms with Crippen LogP contribution in [0.3, 0.4) is 0 Å². The van der Waals surface area contributed by atoms with E-state index in [0.29, 0.717) is 11.6 Å². The number of nitrogens with zero attached hydrogens (tertiary/aromatic N) is 2. The first kappa shape index (κ1) is 30.8. The summed E-state index contributed by atoms with van der Waals surface area (Å²) in [7, 11) is -4.19. The van der Waals surface area contributed by atoms with Gasteiger partial charge in [0.2, 0.25) is 11.8 Å². The lowest BCUT2D eigenvalue weighted by Gasteiger charge is -2.32. The van der Waals surface area contributed by atoms with Crippen molar-refractivity contribution in [1.29, 1.82) is 0 Å². The van der Waals surface area contributed by atoms with E-state index in [9.17, 15) is 18.0 Å². The third kappa shape index (κ3) is 8.11. The molecule has 0 heterocycles. The van der Waals surface area contributed by atoms with Gasteiger partial charge >= 0.3 is 0 Å². The average molecular weight is 611 g/mol. The van der Waals surface area contributed by atoms with E-state index in [0.717, 1.165) is 9.87 Å². The highest BCUT2D eigenvalue weighted by atomic mass is 35.5. The van der Waals surface area contributed by atoms with Crippen LogP contribution in [-0.2, 0) is 26.2 Å². The Balaban J connectivity index is 2.02. The number of halogens is 3. The zero-order chi connectivity index (χ0) is 28.7. The Labute approximate surface area is 244 Å². The zero-order valence-corrected chi connectivity index (χ0v) is 24.9. The minimum atomic E-state index is -4.19. The van der Waals surface area contributed by atoms with Crippen LogP contribution in [0.1, 0.15) is 26.3 Å². The van der Waals surface area contributed by atoms with Crippen molar-refractivity contribution in [3.63, 3.8) is 0 Å². The second-order valence-electron chi connectivity index (χ2n) is 9.39. The highest BCUT2D eigenvalue weighted by molar-refractivity contribution is 7.92. The fourth-order valence-electron chi connectivity index (χ4n) is 3.71. The molecule has 39 heavy (non-hydrogen) atoms. The molecule has 0 aliphatic rings. The van der Waals surface area contributed by atoms with Crippen molar-refractivity contribution >= 4 is 62.3 Å². The third-order valence-electron chi connectivity index (χ3n) is 5.92. The standard InChI is InChI=1S/C28H30Cl3N3O4S/c1-19(2)16-32-28(36)20(3)33(17-21-9-11-22(29)12-10-21)27(35)18-34(23-13-14-25(30)26(31)15-23)39(37,38)24-7-5-4-6-8-24/h4-15,19-20H,16-18H2,1-3H3,(H,32,36). The van der Waals surface area contributed by atoms with Gasteiger partial charge < -0.3 is 10.2 Å². The third-order valence-corrected chi connectivity index (χ3v) is 8.70. The van der Waals surface area contributed by atoms with E-state index in [2.05, 4.69) is 5.32 Å². The van der Waals surface area contributed by atoms with Crippen LogP contribution in [0.25, 0.3) is 0 Å². The van der Waals surface area contributed by atoms with Crippen LogP contribution in [0.2, 0.25) is 15.1 Å². The van der Waals surface area contributed by atoms with Crippen LogP contribution in [0.15, 0.2) is 77.7 Å². The first-order valence-corrected chi connectivity index (χ1v) is 14.8. The molecule has 11 heteroatoms. The topological polar surface area (TPSA) is 86.8 Å². The maximum absolute atomic E-state index is 13.9. The molecule has 0 saturated heterocycles. The lowest BCUT2D eigenvalue weighted by atomic mass is 10.1. The fraction of sp³-hybridized carbons (Fsp3) is 0.286. The van der Waals surface area contributed by atoms with Gasteiger partial charge in [0, 0.05) is 18.1 Å². The summed E-state index contributed by atoms with van der Waals surface area (Å²) in [4.78, 5) is 28.2. The fourth-order valence-corrected chi connectivity index (χ4v) is 5.56. The molecule has 208 valence electrons. The van der Waals surface area contributed by atoms with Crippen molar-refractivity contribution in [3.8, 4) is 0 Å². The molecule has 0 aliphatic heterocycles. The number of carbonyl (C=O) groups excluding carboxylic acids is 2. The Morgan fingerprint density at radius 2 is 1.51 bits per heavy atom. The molecule has 1 atom stereocenters. The molecule has 0 bridgehead atoms. The van der Waals surface area contributed by atoms with E-state index >= 15 is 0 Å². The van der Waals surface area contributed by atoms with Gasteiger partial charge in [0.15, 0.2) is 0 Å². The largest absolute Gasteiger partial charge is 0.354 e. The minimum Gasteiger partial charge on any atom is -0.354 e. The summed E-state index contributed by atoms with van der Waals surface area (Å²) in [5.74, 6) is -0.719. The SMILES string of the molecule is CC(C)CNC(=O)C(C)N(Cc1ccc(Cl)cc1)C(=O)CN(c1ccc(Cl)c(Cl)c1)S(=O)(=O)c1ccccc1. The summed E-state index contributed by atoms with van der Waals surface area (Å²) in [6, 6.07) is 18.1. The molecule has 3 aromatic carbocycles. The number of rotatable bonds is 11. The van der Waals surface area contributed by atoms with E-state index in [1.807, 2.05) is 13.8 Å². The van der Waals surface area contributed by atoms with E-state index in [4.69, 9.17) is 34.8 Å². The Morgan fingerprint density at radius 1 is 0.872 bits per heavy atom. The first-order chi connectivity index (χ1) is 18.4. The van der Waals surface area contributed by atoms with Crippen molar-refractivity contribution in [3.05, 3.63) is 93.4 Å². The van der Waals surface area contributed by atoms with Gasteiger partial charge in [0.05, 0.1) is 20.6 Å². The summed E-state index contributed by atoms with van der Waals surface area (Å²) in [6.45, 7) is 5.45. The summed E-state index contributed by atoms with van der Waals surface area (Å²) in [5, 5.41) is 3.75. The molecular weight excluding hydrogens is 581 g/mol. The van der Waals surface area contributed by atoms with E-state index in [-0.39, 0.29) is 39.0 Å². The summed E-state index contributed by atoms with van der Waals surface area (Å²) < 4.78 is 28.5. The van der Waals surface area contributed by atoms with Gasteiger partial charge in [-0.15, -0.1) is 0 Å². The molecule has 3 rings (SSSR count). The van der Waals surface area contributed by atoms with Gasteiger partial charge in [0.25, 0.3) is 10.0 Å². The van der Waals surface area contributed by atoms with Crippen molar-refractivity contribution in [2.24, 2.45) is 5.92 Å². The number of nitrogens with one attached hydrogen (secondary N) is 1. The summed E-state index contributed by atoms with van der Waals surface area (Å²) in [5.41, 5.74) is 0.883. The smallest absolute Gasteiger partial charge is 0.264 e. The number of carbonyl (C=O) groups is 2. The van der Waals surface area contributed by atoms with Crippen LogP contribution in [0.4, 0.5) is 5.69 Å². The van der Waals surface area contributed by atoms with Crippen molar-refractivity contribution in [2.75, 3.05) is 17.4 Å². The molecule has 0 fully saturated rings. The van der Waals surface area contributed by atoms with E-state index in [1.54, 1.807) is 49.4 Å². The Hall–Kier alpha value is -2.78. The highest BCUT2D eigenvalue weighted by Gasteiger charge is 2.32. The average Bonchev–Trinajstić information content (AvgIpc) is 2.91. The molecular formula is C28H30Cl3N3O4S. The van der Waals surface area contributed by atoms with Gasteiger partial charge in [-0.3, -0.25) is 13.9 Å². The number of benzene rings is 3. The van der Waals surface area contributed by atoms with Crippen LogP contribution in [-0.4, -0.2) is 44.3 Å². The number of hydrogen-bond donors (Lipinski definition) is 1. The predicted octanol–water partition coefficient (Wildman–Crippen LogP) is 6.03. The molecule has 1 unspecified atom stereocenters. The second kappa shape index (κ2) is 13.5. The maximum atomic E-state index is 13.9. The summed E-state index contributed by atoms with van der Waals surface area (Å²) >= 11 is 18.3. The molecule has 0 radical (unpaired) electrons. The predicted molar refractivity (Wildman–Crippen MR) is 157 cm³/mol. The van der Waals surface area contributed by atoms with E-state index < -0.39 is 28.5 Å². The van der Waals surface area contributed by atoms with Gasteiger partial charge in [-0.1, -0.05) is 79.0 Å². The number of amides is 2. The van der Waals surface area contributed by atoms with Crippen LogP contribution in [0.5, 0.6) is 0 Å². The highest BCUT2D eigenvalue weighted by Crippen LogP contribution is 2.31. The lowest BCUT2D eigenvalue weighted by Crippen LogP contribution is -2.51. The lowest BCUT2D eigenvalue weighted by molar-refractivity contribution is -0.139. The van der Waals surface area contributed by atoms with Gasteiger partial charge in [-0.2, -0.15) is 0 Å². The van der Waals surface area contributed by atoms with Crippen LogP contribution >= 0.6 is 34.8 Å². The first-order valence-electron chi connectivity index (χ1n) is 12.2. The minimum absolute atomic E-state index is 0.00384. The van der Waals surface area contributed by atoms with E-state index in [1.165, 1.54) is 35.2 Å². The van der Waals surface area contributed by atoms with Gasteiger partial charge in [-0.25, -0.2) is 8.42 Å². The molecule has 1 N–H and O–H groups in total. The molecule has 7 nitrogen and oxygen atoms in total. The van der Waals surface area contributed by atoms with Gasteiger partial charge in [-0.05, 0) is 60.9 Å². The second-order valence-corrected chi connectivity index (χ2v) is 12.5. The quantitative estimate of drug-likeness (QED) is 0.287. The Bertz CT molecular complexity index is 1400. The Morgan fingerprint density at radius 3 is 2.10 bits per heavy atom. The molecule has 3 aromatic rings. The summed E-state index contributed by atoms with van der Waals surface area (Å²) in [6.07, 6.45) is 0. The normalized spacial score (nSPS) is 12.2. The van der Waals surface area contributed by atoms with Crippen LogP contribution in [0, 0.1) is 5.92 Å². The number of hydrogen-bond acceptors (Lipinski definition) is 4. The zero-order valence-electron chi connectivity index (χ0n) is 21.8. The monoisotopic (exact) mass is 609 g/mol. The number of anilines is 1. The van der Waals surface area contributed by atoms with Crippen molar-refractivity contribution in [2.45, 2.75) is 38.3 Å². The Kier molecular flexibility index (Phi) is 10.7. The van der Waals surface area contributed by atoms with Crippen LogP contribution < -0.4 is 9.62 Å². The molecule has 2 amide bonds. The van der Waals surface area contributed by atoms with Gasteiger partial charge in [0.1, 0.15) is 12.6 Å². The maximum Gasteiger partial charge on any atom is 0.264 e. The molecule has 0 aromatic heterocycles.